The second-order valence-corrected chi connectivity index (χ2v) is 5.64. The van der Waals surface area contributed by atoms with Crippen molar-refractivity contribution >= 4 is 50.0 Å². The molecule has 6 heteroatoms. The Morgan fingerprint density at radius 3 is 2.90 bits per heavy atom. The van der Waals surface area contributed by atoms with Gasteiger partial charge in [-0.3, -0.25) is 9.89 Å². The van der Waals surface area contributed by atoms with Crippen LogP contribution in [0.3, 0.4) is 0 Å². The van der Waals surface area contributed by atoms with Crippen LogP contribution in [-0.4, -0.2) is 16.1 Å². The summed E-state index contributed by atoms with van der Waals surface area (Å²) in [5.41, 5.74) is 2.13. The number of benzene rings is 2. The minimum Gasteiger partial charge on any atom is -0.322 e. The van der Waals surface area contributed by atoms with E-state index < -0.39 is 0 Å². The molecule has 0 unspecified atom stereocenters. The predicted octanol–water partition coefficient (Wildman–Crippen LogP) is 4.23. The quantitative estimate of drug-likeness (QED) is 0.726. The summed E-state index contributed by atoms with van der Waals surface area (Å²) in [5.74, 6) is -0.212. The first-order valence-electron chi connectivity index (χ1n) is 5.82. The average molecular weight is 351 g/mol. The molecule has 100 valence electrons. The van der Waals surface area contributed by atoms with Crippen LogP contribution in [0, 0.1) is 0 Å². The Morgan fingerprint density at radius 1 is 1.25 bits per heavy atom. The highest BCUT2D eigenvalue weighted by Crippen LogP contribution is 2.21. The van der Waals surface area contributed by atoms with Crippen molar-refractivity contribution in [2.45, 2.75) is 0 Å². The number of anilines is 1. The van der Waals surface area contributed by atoms with E-state index in [0.29, 0.717) is 16.3 Å². The number of carbonyl (C=O) groups is 1. The van der Waals surface area contributed by atoms with E-state index in [2.05, 4.69) is 31.4 Å². The Morgan fingerprint density at radius 2 is 2.10 bits per heavy atom. The number of H-pyrrole nitrogens is 1. The predicted molar refractivity (Wildman–Crippen MR) is 83.2 cm³/mol. The number of aromatic nitrogens is 2. The molecule has 0 saturated carbocycles. The Balaban J connectivity index is 1.87. The van der Waals surface area contributed by atoms with Gasteiger partial charge in [0.05, 0.1) is 11.7 Å². The van der Waals surface area contributed by atoms with Crippen LogP contribution in [0.25, 0.3) is 10.9 Å². The third-order valence-corrected chi connectivity index (χ3v) is 3.50. The van der Waals surface area contributed by atoms with Crippen molar-refractivity contribution in [2.24, 2.45) is 0 Å². The number of carbonyl (C=O) groups excluding carboxylic acids is 1. The lowest BCUT2D eigenvalue weighted by Gasteiger charge is -2.06. The van der Waals surface area contributed by atoms with Crippen molar-refractivity contribution in [3.63, 3.8) is 0 Å². The topological polar surface area (TPSA) is 57.8 Å². The summed E-state index contributed by atoms with van der Waals surface area (Å²) in [6.07, 6.45) is 1.71. The number of rotatable bonds is 2. The van der Waals surface area contributed by atoms with Gasteiger partial charge in [0.2, 0.25) is 0 Å². The first-order valence-corrected chi connectivity index (χ1v) is 6.99. The van der Waals surface area contributed by atoms with E-state index in [1.54, 1.807) is 24.4 Å². The fraction of sp³-hybridized carbons (Fsp3) is 0. The van der Waals surface area contributed by atoms with Crippen LogP contribution < -0.4 is 5.32 Å². The first kappa shape index (κ1) is 13.1. The van der Waals surface area contributed by atoms with Gasteiger partial charge in [-0.05, 0) is 36.4 Å². The molecule has 0 aliphatic carbocycles. The van der Waals surface area contributed by atoms with Crippen molar-refractivity contribution < 1.29 is 4.79 Å². The summed E-state index contributed by atoms with van der Waals surface area (Å²) in [6.45, 7) is 0. The van der Waals surface area contributed by atoms with Crippen molar-refractivity contribution in [3.05, 3.63) is 57.7 Å². The molecule has 2 aromatic carbocycles. The molecular formula is C14H9BrClN3O. The van der Waals surface area contributed by atoms with E-state index >= 15 is 0 Å². The maximum Gasteiger partial charge on any atom is 0.255 e. The molecule has 0 bridgehead atoms. The third-order valence-electron chi connectivity index (χ3n) is 2.82. The molecule has 1 amide bonds. The summed E-state index contributed by atoms with van der Waals surface area (Å²) >= 11 is 9.26. The molecule has 0 fully saturated rings. The maximum absolute atomic E-state index is 12.2. The summed E-state index contributed by atoms with van der Waals surface area (Å²) in [6, 6.07) is 10.6. The van der Waals surface area contributed by atoms with E-state index in [9.17, 15) is 4.79 Å². The zero-order valence-electron chi connectivity index (χ0n) is 10.2. The van der Waals surface area contributed by atoms with Crippen LogP contribution in [0.2, 0.25) is 5.02 Å². The molecule has 0 aliphatic rings. The highest BCUT2D eigenvalue weighted by Gasteiger charge is 2.08. The highest BCUT2D eigenvalue weighted by atomic mass is 79.9. The summed E-state index contributed by atoms with van der Waals surface area (Å²) in [4.78, 5) is 12.2. The number of hydrogen-bond acceptors (Lipinski definition) is 2. The SMILES string of the molecule is O=C(Nc1ccc2[nH]ncc2c1)c1cc(Cl)cc(Br)c1. The monoisotopic (exact) mass is 349 g/mol. The van der Waals surface area contributed by atoms with E-state index in [1.807, 2.05) is 18.2 Å². The second-order valence-electron chi connectivity index (χ2n) is 4.28. The molecule has 0 radical (unpaired) electrons. The zero-order valence-corrected chi connectivity index (χ0v) is 12.5. The van der Waals surface area contributed by atoms with Crippen molar-refractivity contribution in [2.75, 3.05) is 5.32 Å². The Bertz CT molecular complexity index is 780. The van der Waals surface area contributed by atoms with Gasteiger partial charge in [-0.25, -0.2) is 0 Å². The van der Waals surface area contributed by atoms with Gasteiger partial charge in [0.25, 0.3) is 5.91 Å². The largest absolute Gasteiger partial charge is 0.322 e. The lowest BCUT2D eigenvalue weighted by atomic mass is 10.2. The van der Waals surface area contributed by atoms with Crippen LogP contribution in [0.4, 0.5) is 5.69 Å². The van der Waals surface area contributed by atoms with Gasteiger partial charge in [-0.15, -0.1) is 0 Å². The van der Waals surface area contributed by atoms with Crippen LogP contribution >= 0.6 is 27.5 Å². The summed E-state index contributed by atoms with van der Waals surface area (Å²) < 4.78 is 0.764. The minimum atomic E-state index is -0.212. The van der Waals surface area contributed by atoms with E-state index in [-0.39, 0.29) is 5.91 Å². The Hall–Kier alpha value is -1.85. The molecule has 1 aromatic heterocycles. The maximum atomic E-state index is 12.2. The number of nitrogens with zero attached hydrogens (tertiary/aromatic N) is 1. The van der Waals surface area contributed by atoms with Gasteiger partial charge in [-0.2, -0.15) is 5.10 Å². The van der Waals surface area contributed by atoms with Gasteiger partial charge < -0.3 is 5.32 Å². The Kier molecular flexibility index (Phi) is 3.46. The van der Waals surface area contributed by atoms with E-state index in [1.165, 1.54) is 0 Å². The molecule has 20 heavy (non-hydrogen) atoms. The fourth-order valence-electron chi connectivity index (χ4n) is 1.91. The molecule has 0 aliphatic heterocycles. The third kappa shape index (κ3) is 2.69. The molecule has 4 nitrogen and oxygen atoms in total. The molecular weight excluding hydrogens is 342 g/mol. The number of hydrogen-bond donors (Lipinski definition) is 2. The number of amides is 1. The normalized spacial score (nSPS) is 10.7. The van der Waals surface area contributed by atoms with Crippen LogP contribution in [-0.2, 0) is 0 Å². The molecule has 0 saturated heterocycles. The molecule has 1 heterocycles. The second kappa shape index (κ2) is 5.26. The number of aromatic amines is 1. The van der Waals surface area contributed by atoms with Crippen LogP contribution in [0.1, 0.15) is 10.4 Å². The molecule has 3 rings (SSSR count). The molecule has 0 spiro atoms. The highest BCUT2D eigenvalue weighted by molar-refractivity contribution is 9.10. The lowest BCUT2D eigenvalue weighted by Crippen LogP contribution is -2.11. The van der Waals surface area contributed by atoms with E-state index in [0.717, 1.165) is 15.4 Å². The Labute approximate surface area is 128 Å². The minimum absolute atomic E-state index is 0.212. The van der Waals surface area contributed by atoms with Crippen LogP contribution in [0.15, 0.2) is 47.1 Å². The molecule has 2 N–H and O–H groups in total. The van der Waals surface area contributed by atoms with Crippen molar-refractivity contribution in [3.8, 4) is 0 Å². The first-order chi connectivity index (χ1) is 9.61. The van der Waals surface area contributed by atoms with Crippen molar-refractivity contribution in [1.29, 1.82) is 0 Å². The van der Waals surface area contributed by atoms with Crippen molar-refractivity contribution in [1.82, 2.24) is 10.2 Å². The van der Waals surface area contributed by atoms with E-state index in [4.69, 9.17) is 11.6 Å². The lowest BCUT2D eigenvalue weighted by molar-refractivity contribution is 0.102. The molecule has 3 aromatic rings. The number of fused-ring (bicyclic) bond motifs is 1. The fourth-order valence-corrected chi connectivity index (χ4v) is 2.77. The summed E-state index contributed by atoms with van der Waals surface area (Å²) in [7, 11) is 0. The zero-order chi connectivity index (χ0) is 14.1. The van der Waals surface area contributed by atoms with Gasteiger partial charge in [0.15, 0.2) is 0 Å². The number of halogens is 2. The van der Waals surface area contributed by atoms with Gasteiger partial charge in [-0.1, -0.05) is 27.5 Å². The van der Waals surface area contributed by atoms with Gasteiger partial charge >= 0.3 is 0 Å². The smallest absolute Gasteiger partial charge is 0.255 e. The number of nitrogens with one attached hydrogen (secondary N) is 2. The average Bonchev–Trinajstić information content (AvgIpc) is 2.85. The van der Waals surface area contributed by atoms with Gasteiger partial charge in [0, 0.05) is 26.1 Å². The standard InChI is InChI=1S/C14H9BrClN3O/c15-10-3-8(4-11(16)6-10)14(20)18-12-1-2-13-9(5-12)7-17-19-13/h1-7H,(H,17,19)(H,18,20). The van der Waals surface area contributed by atoms with Crippen LogP contribution in [0.5, 0.6) is 0 Å². The molecule has 0 atom stereocenters. The summed E-state index contributed by atoms with van der Waals surface area (Å²) in [5, 5.41) is 11.1. The van der Waals surface area contributed by atoms with Gasteiger partial charge in [0.1, 0.15) is 0 Å².